The molecule has 21 heavy (non-hydrogen) atoms. The fraction of sp³-hybridized carbons (Fsp3) is 0.333. The molecule has 0 heterocycles. The number of benzene rings is 2. The van der Waals surface area contributed by atoms with Crippen LogP contribution >= 0.6 is 11.6 Å². The number of rotatable bonds is 6. The van der Waals surface area contributed by atoms with Crippen LogP contribution in [0.5, 0.6) is 0 Å². The molecule has 0 aromatic heterocycles. The molecule has 0 saturated carbocycles. The molecule has 0 amide bonds. The number of halogens is 2. The molecule has 112 valence electrons. The van der Waals surface area contributed by atoms with E-state index in [-0.39, 0.29) is 11.9 Å². The Morgan fingerprint density at radius 3 is 2.52 bits per heavy atom. The van der Waals surface area contributed by atoms with Crippen molar-refractivity contribution in [3.05, 3.63) is 70.0 Å². The smallest absolute Gasteiger partial charge is 0.126 e. The first-order valence-corrected chi connectivity index (χ1v) is 7.63. The summed E-state index contributed by atoms with van der Waals surface area (Å²) in [6.07, 6.45) is 2.59. The van der Waals surface area contributed by atoms with Crippen LogP contribution in [-0.4, -0.2) is 13.1 Å². The fourth-order valence-electron chi connectivity index (χ4n) is 2.41. The number of hydrogen-bond acceptors (Lipinski definition) is 1. The molecule has 0 fully saturated rings. The maximum Gasteiger partial charge on any atom is 0.126 e. The largest absolute Gasteiger partial charge is 0.317 e. The molecule has 0 bridgehead atoms. The van der Waals surface area contributed by atoms with Crippen molar-refractivity contribution in [2.45, 2.75) is 32.2 Å². The van der Waals surface area contributed by atoms with Crippen LogP contribution in [0.25, 0.3) is 0 Å². The topological polar surface area (TPSA) is 12.0 Å². The van der Waals surface area contributed by atoms with E-state index in [0.717, 1.165) is 12.8 Å². The number of hydrogen-bond donors (Lipinski definition) is 1. The van der Waals surface area contributed by atoms with Gasteiger partial charge in [0.15, 0.2) is 0 Å². The molecular formula is C18H21ClFN. The molecule has 0 aliphatic carbocycles. The van der Waals surface area contributed by atoms with Gasteiger partial charge in [-0.2, -0.15) is 0 Å². The third-order valence-corrected chi connectivity index (χ3v) is 4.02. The lowest BCUT2D eigenvalue weighted by atomic mass is 9.98. The molecule has 1 unspecified atom stereocenters. The molecule has 0 radical (unpaired) electrons. The van der Waals surface area contributed by atoms with Crippen molar-refractivity contribution in [3.8, 4) is 0 Å². The van der Waals surface area contributed by atoms with E-state index in [2.05, 4.69) is 36.5 Å². The Labute approximate surface area is 131 Å². The first-order valence-electron chi connectivity index (χ1n) is 7.25. The average molecular weight is 306 g/mol. The maximum atomic E-state index is 13.8. The van der Waals surface area contributed by atoms with Crippen molar-refractivity contribution in [2.75, 3.05) is 7.05 Å². The highest BCUT2D eigenvalue weighted by atomic mass is 35.5. The Morgan fingerprint density at radius 1 is 1.14 bits per heavy atom. The van der Waals surface area contributed by atoms with Gasteiger partial charge < -0.3 is 5.32 Å². The van der Waals surface area contributed by atoms with E-state index >= 15 is 0 Å². The SMILES string of the molecule is CNC(CCc1ccc(C)cc1)Cc1cc(Cl)ccc1F. The quantitative estimate of drug-likeness (QED) is 0.825. The molecule has 0 aliphatic heterocycles. The van der Waals surface area contributed by atoms with Crippen LogP contribution in [0.15, 0.2) is 42.5 Å². The first-order chi connectivity index (χ1) is 10.1. The molecule has 0 spiro atoms. The predicted octanol–water partition coefficient (Wildman–Crippen LogP) is 4.55. The van der Waals surface area contributed by atoms with E-state index in [1.165, 1.54) is 17.2 Å². The van der Waals surface area contributed by atoms with Crippen LogP contribution in [0.2, 0.25) is 5.02 Å². The Bertz CT molecular complexity index is 580. The lowest BCUT2D eigenvalue weighted by Crippen LogP contribution is -2.28. The zero-order valence-corrected chi connectivity index (χ0v) is 13.3. The molecule has 1 nitrogen and oxygen atoms in total. The number of aryl methyl sites for hydroxylation is 2. The van der Waals surface area contributed by atoms with Crippen LogP contribution in [0, 0.1) is 12.7 Å². The molecule has 2 aromatic rings. The summed E-state index contributed by atoms with van der Waals surface area (Å²) in [5.74, 6) is -0.185. The minimum Gasteiger partial charge on any atom is -0.317 e. The van der Waals surface area contributed by atoms with Crippen LogP contribution in [-0.2, 0) is 12.8 Å². The van der Waals surface area contributed by atoms with Gasteiger partial charge in [-0.25, -0.2) is 4.39 Å². The van der Waals surface area contributed by atoms with Crippen molar-refractivity contribution in [1.82, 2.24) is 5.32 Å². The summed E-state index contributed by atoms with van der Waals surface area (Å²) in [7, 11) is 1.92. The van der Waals surface area contributed by atoms with Gasteiger partial charge in [0.25, 0.3) is 0 Å². The lowest BCUT2D eigenvalue weighted by Gasteiger charge is -2.17. The van der Waals surface area contributed by atoms with Crippen molar-refractivity contribution in [3.63, 3.8) is 0 Å². The van der Waals surface area contributed by atoms with Gasteiger partial charge in [-0.15, -0.1) is 0 Å². The second-order valence-electron chi connectivity index (χ2n) is 5.45. The second kappa shape index (κ2) is 7.58. The fourth-order valence-corrected chi connectivity index (χ4v) is 2.60. The van der Waals surface area contributed by atoms with E-state index in [1.54, 1.807) is 12.1 Å². The Hall–Kier alpha value is -1.38. The highest BCUT2D eigenvalue weighted by Gasteiger charge is 2.11. The van der Waals surface area contributed by atoms with Crippen LogP contribution in [0.1, 0.15) is 23.1 Å². The van der Waals surface area contributed by atoms with Gasteiger partial charge in [0.2, 0.25) is 0 Å². The minimum atomic E-state index is -0.185. The lowest BCUT2D eigenvalue weighted by molar-refractivity contribution is 0.504. The highest BCUT2D eigenvalue weighted by molar-refractivity contribution is 6.30. The Balaban J connectivity index is 1.96. The molecule has 0 saturated heterocycles. The molecule has 1 atom stereocenters. The summed E-state index contributed by atoms with van der Waals surface area (Å²) < 4.78 is 13.8. The Morgan fingerprint density at radius 2 is 1.86 bits per heavy atom. The summed E-state index contributed by atoms with van der Waals surface area (Å²) in [4.78, 5) is 0. The number of likely N-dealkylation sites (N-methyl/N-ethyl adjacent to an activating group) is 1. The van der Waals surface area contributed by atoms with Crippen LogP contribution in [0.4, 0.5) is 4.39 Å². The van der Waals surface area contributed by atoms with Gasteiger partial charge in [0.05, 0.1) is 0 Å². The van der Waals surface area contributed by atoms with Gasteiger partial charge >= 0.3 is 0 Å². The van der Waals surface area contributed by atoms with Crippen molar-refractivity contribution >= 4 is 11.6 Å². The van der Waals surface area contributed by atoms with Gasteiger partial charge in [-0.1, -0.05) is 41.4 Å². The summed E-state index contributed by atoms with van der Waals surface area (Å²) in [6.45, 7) is 2.09. The van der Waals surface area contributed by atoms with Crippen molar-refractivity contribution in [1.29, 1.82) is 0 Å². The van der Waals surface area contributed by atoms with E-state index in [9.17, 15) is 4.39 Å². The van der Waals surface area contributed by atoms with Crippen LogP contribution in [0.3, 0.4) is 0 Å². The Kier molecular flexibility index (Phi) is 5.77. The maximum absolute atomic E-state index is 13.8. The summed E-state index contributed by atoms with van der Waals surface area (Å²) in [5, 5.41) is 3.85. The van der Waals surface area contributed by atoms with Crippen molar-refractivity contribution < 1.29 is 4.39 Å². The zero-order chi connectivity index (χ0) is 15.2. The monoisotopic (exact) mass is 305 g/mol. The zero-order valence-electron chi connectivity index (χ0n) is 12.5. The molecular weight excluding hydrogens is 285 g/mol. The first kappa shape index (κ1) is 16.0. The van der Waals surface area contributed by atoms with Gasteiger partial charge in [0.1, 0.15) is 5.82 Å². The summed E-state index contributed by atoms with van der Waals surface area (Å²) in [5.41, 5.74) is 3.25. The minimum absolute atomic E-state index is 0.185. The summed E-state index contributed by atoms with van der Waals surface area (Å²) in [6, 6.07) is 13.5. The molecule has 1 N–H and O–H groups in total. The van der Waals surface area contributed by atoms with E-state index in [0.29, 0.717) is 17.0 Å². The molecule has 0 aliphatic rings. The molecule has 2 rings (SSSR count). The van der Waals surface area contributed by atoms with Gasteiger partial charge in [-0.3, -0.25) is 0 Å². The van der Waals surface area contributed by atoms with E-state index < -0.39 is 0 Å². The van der Waals surface area contributed by atoms with E-state index in [4.69, 9.17) is 11.6 Å². The average Bonchev–Trinajstić information content (AvgIpc) is 2.48. The third-order valence-electron chi connectivity index (χ3n) is 3.78. The van der Waals surface area contributed by atoms with E-state index in [1.807, 2.05) is 7.05 Å². The second-order valence-corrected chi connectivity index (χ2v) is 5.89. The third kappa shape index (κ3) is 4.83. The normalized spacial score (nSPS) is 12.4. The van der Waals surface area contributed by atoms with Gasteiger partial charge in [-0.05, 0) is 62.6 Å². The number of nitrogens with one attached hydrogen (secondary N) is 1. The molecule has 2 aromatic carbocycles. The standard InChI is InChI=1S/C18H21ClFN/c1-13-3-5-14(6-4-13)7-9-17(21-2)12-15-11-16(19)8-10-18(15)20/h3-6,8,10-11,17,21H,7,9,12H2,1-2H3. The van der Waals surface area contributed by atoms with Crippen molar-refractivity contribution in [2.24, 2.45) is 0 Å². The molecule has 3 heteroatoms. The van der Waals surface area contributed by atoms with Gasteiger partial charge in [0, 0.05) is 11.1 Å². The summed E-state index contributed by atoms with van der Waals surface area (Å²) >= 11 is 5.94. The predicted molar refractivity (Wildman–Crippen MR) is 87.5 cm³/mol. The highest BCUT2D eigenvalue weighted by Crippen LogP contribution is 2.18. The van der Waals surface area contributed by atoms with Crippen LogP contribution < -0.4 is 5.32 Å².